The van der Waals surface area contributed by atoms with E-state index in [1.807, 2.05) is 25.1 Å². The van der Waals surface area contributed by atoms with Gasteiger partial charge in [-0.2, -0.15) is 0 Å². The van der Waals surface area contributed by atoms with Crippen molar-refractivity contribution in [3.63, 3.8) is 0 Å². The van der Waals surface area contributed by atoms with Crippen LogP contribution in [0.1, 0.15) is 44.7 Å². The molecule has 2 bridgehead atoms. The molecule has 4 atom stereocenters. The third kappa shape index (κ3) is 1.87. The molecule has 0 heterocycles. The summed E-state index contributed by atoms with van der Waals surface area (Å²) in [6, 6.07) is 5.60. The lowest BCUT2D eigenvalue weighted by atomic mass is 9.70. The molecule has 0 unspecified atom stereocenters. The van der Waals surface area contributed by atoms with Gasteiger partial charge in [-0.3, -0.25) is 4.99 Å². The van der Waals surface area contributed by atoms with Gasteiger partial charge in [-0.25, -0.2) is 0 Å². The highest BCUT2D eigenvalue weighted by Crippen LogP contribution is 2.66. The lowest BCUT2D eigenvalue weighted by Gasteiger charge is -2.36. The molecule has 1 aromatic rings. The number of aryl methyl sites for hydroxylation is 1. The highest BCUT2D eigenvalue weighted by atomic mass is 16.3. The van der Waals surface area contributed by atoms with Gasteiger partial charge in [0.1, 0.15) is 5.75 Å². The van der Waals surface area contributed by atoms with Gasteiger partial charge in [0, 0.05) is 17.2 Å². The van der Waals surface area contributed by atoms with Crippen LogP contribution in [-0.4, -0.2) is 28.6 Å². The first-order chi connectivity index (χ1) is 9.79. The van der Waals surface area contributed by atoms with Crippen molar-refractivity contribution in [2.45, 2.75) is 52.7 Å². The van der Waals surface area contributed by atoms with Crippen molar-refractivity contribution in [2.24, 2.45) is 21.7 Å². The number of benzene rings is 1. The quantitative estimate of drug-likeness (QED) is 0.820. The molecule has 114 valence electrons. The Morgan fingerprint density at radius 2 is 2.00 bits per heavy atom. The van der Waals surface area contributed by atoms with Crippen molar-refractivity contribution < 1.29 is 10.2 Å². The molecule has 2 saturated carbocycles. The van der Waals surface area contributed by atoms with E-state index in [1.165, 1.54) is 0 Å². The van der Waals surface area contributed by atoms with Crippen LogP contribution in [0.15, 0.2) is 23.2 Å². The van der Waals surface area contributed by atoms with Crippen LogP contribution in [-0.2, 0) is 0 Å². The fourth-order valence-corrected chi connectivity index (χ4v) is 4.42. The molecule has 0 radical (unpaired) electrons. The number of phenolic OH excluding ortho intramolecular Hbond substituents is 1. The van der Waals surface area contributed by atoms with Gasteiger partial charge in [0.2, 0.25) is 0 Å². The Hall–Kier alpha value is -1.35. The Balaban J connectivity index is 1.90. The summed E-state index contributed by atoms with van der Waals surface area (Å²) >= 11 is 0. The standard InChI is InChI=1S/C18H25NO2/c1-11-6-5-7-12(15(11)20)10-19-14-13-8-9-18(4,16(14)21)17(13,2)3/h5-7,10,13-14,16,20-21H,8-9H2,1-4H3/t13-,14-,16-,18+/m1/s1. The zero-order chi connectivity index (χ0) is 15.4. The minimum Gasteiger partial charge on any atom is -0.507 e. The van der Waals surface area contributed by atoms with Crippen molar-refractivity contribution in [3.05, 3.63) is 29.3 Å². The molecule has 0 spiro atoms. The highest BCUT2D eigenvalue weighted by molar-refractivity contribution is 5.84. The summed E-state index contributed by atoms with van der Waals surface area (Å²) in [6.07, 6.45) is 3.54. The number of aromatic hydroxyl groups is 1. The number of fused-ring (bicyclic) bond motifs is 2. The summed E-state index contributed by atoms with van der Waals surface area (Å²) in [7, 11) is 0. The molecule has 0 saturated heterocycles. The number of phenols is 1. The SMILES string of the molecule is Cc1cccc(C=N[C@@H]2[C@H]3CC[C@@](C)([C@@H]2O)C3(C)C)c1O. The molecule has 0 amide bonds. The number of para-hydroxylation sites is 1. The molecule has 3 rings (SSSR count). The second-order valence-corrected chi connectivity index (χ2v) is 7.51. The fourth-order valence-electron chi connectivity index (χ4n) is 4.42. The molecule has 21 heavy (non-hydrogen) atoms. The summed E-state index contributed by atoms with van der Waals surface area (Å²) in [5.41, 5.74) is 1.64. The third-order valence-corrected chi connectivity index (χ3v) is 6.42. The topological polar surface area (TPSA) is 52.8 Å². The first-order valence-electron chi connectivity index (χ1n) is 7.79. The van der Waals surface area contributed by atoms with Gasteiger partial charge >= 0.3 is 0 Å². The van der Waals surface area contributed by atoms with Crippen LogP contribution < -0.4 is 0 Å². The van der Waals surface area contributed by atoms with Gasteiger partial charge in [-0.15, -0.1) is 0 Å². The summed E-state index contributed by atoms with van der Waals surface area (Å²) in [5.74, 6) is 0.699. The van der Waals surface area contributed by atoms with E-state index in [0.29, 0.717) is 5.92 Å². The maximum atomic E-state index is 10.7. The molecule has 0 aliphatic heterocycles. The lowest BCUT2D eigenvalue weighted by Crippen LogP contribution is -2.39. The molecular formula is C18H25NO2. The zero-order valence-corrected chi connectivity index (χ0v) is 13.3. The maximum absolute atomic E-state index is 10.7. The minimum atomic E-state index is -0.394. The van der Waals surface area contributed by atoms with Crippen LogP contribution in [0, 0.1) is 23.7 Å². The van der Waals surface area contributed by atoms with Crippen molar-refractivity contribution in [3.8, 4) is 5.75 Å². The van der Waals surface area contributed by atoms with Gasteiger partial charge in [0.05, 0.1) is 12.1 Å². The molecule has 2 N–H and O–H groups in total. The molecule has 2 aliphatic rings. The molecule has 0 aromatic heterocycles. The molecular weight excluding hydrogens is 262 g/mol. The van der Waals surface area contributed by atoms with Crippen molar-refractivity contribution in [1.29, 1.82) is 0 Å². The molecule has 1 aromatic carbocycles. The average Bonchev–Trinajstić information content (AvgIpc) is 2.74. The Morgan fingerprint density at radius 3 is 2.62 bits per heavy atom. The molecule has 2 fully saturated rings. The first-order valence-corrected chi connectivity index (χ1v) is 7.79. The van der Waals surface area contributed by atoms with Crippen LogP contribution in [0.4, 0.5) is 0 Å². The van der Waals surface area contributed by atoms with Crippen molar-refractivity contribution in [2.75, 3.05) is 0 Å². The highest BCUT2D eigenvalue weighted by Gasteiger charge is 2.65. The smallest absolute Gasteiger partial charge is 0.127 e. The molecule has 3 nitrogen and oxygen atoms in total. The van der Waals surface area contributed by atoms with Gasteiger partial charge in [0.25, 0.3) is 0 Å². The number of aliphatic hydroxyl groups excluding tert-OH is 1. The van der Waals surface area contributed by atoms with Crippen LogP contribution >= 0.6 is 0 Å². The Bertz CT molecular complexity index is 593. The van der Waals surface area contributed by atoms with Crippen LogP contribution in [0.3, 0.4) is 0 Å². The predicted molar refractivity (Wildman–Crippen MR) is 84.8 cm³/mol. The first kappa shape index (κ1) is 14.6. The predicted octanol–water partition coefficient (Wildman–Crippen LogP) is 3.31. The van der Waals surface area contributed by atoms with E-state index in [0.717, 1.165) is 24.0 Å². The lowest BCUT2D eigenvalue weighted by molar-refractivity contribution is 0.00624. The minimum absolute atomic E-state index is 0.0473. The molecule has 3 heteroatoms. The van der Waals surface area contributed by atoms with Crippen LogP contribution in [0.5, 0.6) is 5.75 Å². The van der Waals surface area contributed by atoms with Crippen molar-refractivity contribution in [1.82, 2.24) is 0 Å². The van der Waals surface area contributed by atoms with Crippen LogP contribution in [0.2, 0.25) is 0 Å². The maximum Gasteiger partial charge on any atom is 0.127 e. The fraction of sp³-hybridized carbons (Fsp3) is 0.611. The average molecular weight is 287 g/mol. The van der Waals surface area contributed by atoms with Crippen LogP contribution in [0.25, 0.3) is 0 Å². The van der Waals surface area contributed by atoms with Gasteiger partial charge in [-0.05, 0) is 42.7 Å². The van der Waals surface area contributed by atoms with Gasteiger partial charge in [0.15, 0.2) is 0 Å². The monoisotopic (exact) mass is 287 g/mol. The summed E-state index contributed by atoms with van der Waals surface area (Å²) in [5, 5.41) is 20.8. The van der Waals surface area contributed by atoms with E-state index in [-0.39, 0.29) is 22.6 Å². The number of nitrogens with zero attached hydrogens (tertiary/aromatic N) is 1. The zero-order valence-electron chi connectivity index (χ0n) is 13.3. The van der Waals surface area contributed by atoms with E-state index >= 15 is 0 Å². The van der Waals surface area contributed by atoms with E-state index in [1.54, 1.807) is 6.21 Å². The largest absolute Gasteiger partial charge is 0.507 e. The van der Waals surface area contributed by atoms with E-state index in [9.17, 15) is 10.2 Å². The summed E-state index contributed by atoms with van der Waals surface area (Å²) in [4.78, 5) is 4.66. The number of aliphatic imine (C=N–C) groups is 1. The Labute approximate surface area is 126 Å². The number of rotatable bonds is 2. The number of hydrogen-bond acceptors (Lipinski definition) is 3. The second kappa shape index (κ2) is 4.57. The third-order valence-electron chi connectivity index (χ3n) is 6.42. The summed E-state index contributed by atoms with van der Waals surface area (Å²) in [6.45, 7) is 8.58. The number of aliphatic hydroxyl groups is 1. The van der Waals surface area contributed by atoms with Crippen molar-refractivity contribution >= 4 is 6.21 Å². The summed E-state index contributed by atoms with van der Waals surface area (Å²) < 4.78 is 0. The van der Waals surface area contributed by atoms with E-state index in [4.69, 9.17) is 0 Å². The van der Waals surface area contributed by atoms with E-state index in [2.05, 4.69) is 25.8 Å². The van der Waals surface area contributed by atoms with E-state index < -0.39 is 6.10 Å². The van der Waals surface area contributed by atoms with Gasteiger partial charge in [-0.1, -0.05) is 32.9 Å². The second-order valence-electron chi connectivity index (χ2n) is 7.51. The Kier molecular flexibility index (Phi) is 3.17. The molecule has 2 aliphatic carbocycles. The Morgan fingerprint density at radius 1 is 1.29 bits per heavy atom. The van der Waals surface area contributed by atoms with Gasteiger partial charge < -0.3 is 10.2 Å². The number of hydrogen-bond donors (Lipinski definition) is 2. The normalized spacial score (nSPS) is 37.5.